The molecule has 0 saturated heterocycles. The van der Waals surface area contributed by atoms with Crippen molar-refractivity contribution in [2.75, 3.05) is 0 Å². The molecule has 0 radical (unpaired) electrons. The number of ketones is 1. The average Bonchev–Trinajstić information content (AvgIpc) is 2.14. The summed E-state index contributed by atoms with van der Waals surface area (Å²) < 4.78 is 26.7. The molecule has 1 rings (SSSR count). The number of hydrogen-bond acceptors (Lipinski definition) is 3. The monoisotopic (exact) mass is 255 g/mol. The van der Waals surface area contributed by atoms with Crippen molar-refractivity contribution in [2.45, 2.75) is 38.1 Å². The summed E-state index contributed by atoms with van der Waals surface area (Å²) in [6.45, 7) is 6.61. The van der Waals surface area contributed by atoms with Gasteiger partial charge in [-0.2, -0.15) is 0 Å². The molecule has 94 valence electrons. The zero-order chi connectivity index (χ0) is 13.3. The molecule has 1 N–H and O–H groups in total. The Labute approximate surface area is 102 Å². The Balaban J connectivity index is 3.30. The van der Waals surface area contributed by atoms with Crippen LogP contribution < -0.4 is 4.72 Å². The van der Waals surface area contributed by atoms with Gasteiger partial charge in [-0.15, -0.1) is 0 Å². The van der Waals surface area contributed by atoms with Crippen LogP contribution >= 0.6 is 0 Å². The van der Waals surface area contributed by atoms with Crippen molar-refractivity contribution < 1.29 is 13.2 Å². The molecule has 0 bridgehead atoms. The van der Waals surface area contributed by atoms with E-state index in [9.17, 15) is 13.2 Å². The van der Waals surface area contributed by atoms with Gasteiger partial charge in [-0.3, -0.25) is 4.79 Å². The van der Waals surface area contributed by atoms with Gasteiger partial charge in [-0.1, -0.05) is 18.2 Å². The van der Waals surface area contributed by atoms with Crippen molar-refractivity contribution in [3.05, 3.63) is 29.8 Å². The van der Waals surface area contributed by atoms with Crippen LogP contribution in [0.25, 0.3) is 0 Å². The first kappa shape index (κ1) is 13.9. The van der Waals surface area contributed by atoms with E-state index in [1.165, 1.54) is 19.1 Å². The van der Waals surface area contributed by atoms with Gasteiger partial charge in [-0.05, 0) is 33.8 Å². The number of Topliss-reactive ketones (excluding diaryl/α,β-unsaturated/α-hetero) is 1. The van der Waals surface area contributed by atoms with Crippen LogP contribution in [0.3, 0.4) is 0 Å². The molecule has 4 nitrogen and oxygen atoms in total. The standard InChI is InChI=1S/C12H17NO3S/c1-9(14)10-7-5-6-8-11(10)17(15,16)13-12(2,3)4/h5-8,13H,1-4H3. The van der Waals surface area contributed by atoms with Crippen molar-refractivity contribution in [2.24, 2.45) is 0 Å². The largest absolute Gasteiger partial charge is 0.294 e. The van der Waals surface area contributed by atoms with Gasteiger partial charge in [0.1, 0.15) is 0 Å². The number of carbonyl (C=O) groups excluding carboxylic acids is 1. The zero-order valence-electron chi connectivity index (χ0n) is 10.4. The van der Waals surface area contributed by atoms with E-state index < -0.39 is 15.6 Å². The Kier molecular flexibility index (Phi) is 3.74. The lowest BCUT2D eigenvalue weighted by molar-refractivity contribution is 0.101. The second-order valence-electron chi connectivity index (χ2n) is 4.91. The molecule has 1 aromatic carbocycles. The molecule has 0 aliphatic rings. The number of benzene rings is 1. The van der Waals surface area contributed by atoms with Crippen LogP contribution in [-0.2, 0) is 10.0 Å². The van der Waals surface area contributed by atoms with E-state index in [-0.39, 0.29) is 16.2 Å². The van der Waals surface area contributed by atoms with E-state index in [4.69, 9.17) is 0 Å². The van der Waals surface area contributed by atoms with Crippen LogP contribution in [-0.4, -0.2) is 19.7 Å². The molecular formula is C12H17NO3S. The topological polar surface area (TPSA) is 63.2 Å². The second kappa shape index (κ2) is 4.58. The quantitative estimate of drug-likeness (QED) is 0.840. The third-order valence-corrected chi connectivity index (χ3v) is 3.81. The van der Waals surface area contributed by atoms with Crippen molar-refractivity contribution in [1.29, 1.82) is 0 Å². The third-order valence-electron chi connectivity index (χ3n) is 2.00. The highest BCUT2D eigenvalue weighted by Crippen LogP contribution is 2.18. The Morgan fingerprint density at radius 1 is 1.18 bits per heavy atom. The highest BCUT2D eigenvalue weighted by molar-refractivity contribution is 7.89. The van der Waals surface area contributed by atoms with E-state index in [0.29, 0.717) is 0 Å². The number of carbonyl (C=O) groups is 1. The van der Waals surface area contributed by atoms with Gasteiger partial charge >= 0.3 is 0 Å². The summed E-state index contributed by atoms with van der Waals surface area (Å²) >= 11 is 0. The number of hydrogen-bond donors (Lipinski definition) is 1. The molecular weight excluding hydrogens is 238 g/mol. The van der Waals surface area contributed by atoms with Crippen LogP contribution in [0.2, 0.25) is 0 Å². The Bertz CT molecular complexity index is 527. The van der Waals surface area contributed by atoms with Crippen LogP contribution in [0, 0.1) is 0 Å². The molecule has 0 aliphatic heterocycles. The predicted molar refractivity (Wildman–Crippen MR) is 66.5 cm³/mol. The van der Waals surface area contributed by atoms with Gasteiger partial charge in [0, 0.05) is 11.1 Å². The maximum absolute atomic E-state index is 12.1. The van der Waals surface area contributed by atoms with E-state index in [2.05, 4.69) is 4.72 Å². The normalized spacial score (nSPS) is 12.5. The molecule has 0 aromatic heterocycles. The first-order valence-corrected chi connectivity index (χ1v) is 6.76. The van der Waals surface area contributed by atoms with E-state index in [1.807, 2.05) is 0 Å². The molecule has 0 atom stereocenters. The lowest BCUT2D eigenvalue weighted by Crippen LogP contribution is -2.40. The highest BCUT2D eigenvalue weighted by atomic mass is 32.2. The van der Waals surface area contributed by atoms with Crippen LogP contribution in [0.5, 0.6) is 0 Å². The summed E-state index contributed by atoms with van der Waals surface area (Å²) in [6.07, 6.45) is 0. The zero-order valence-corrected chi connectivity index (χ0v) is 11.3. The summed E-state index contributed by atoms with van der Waals surface area (Å²) in [4.78, 5) is 11.4. The summed E-state index contributed by atoms with van der Waals surface area (Å²) in [7, 11) is -3.66. The molecule has 0 fully saturated rings. The minimum Gasteiger partial charge on any atom is -0.294 e. The minimum absolute atomic E-state index is 0.0300. The van der Waals surface area contributed by atoms with E-state index in [1.54, 1.807) is 32.9 Å². The highest BCUT2D eigenvalue weighted by Gasteiger charge is 2.25. The third kappa shape index (κ3) is 3.64. The maximum Gasteiger partial charge on any atom is 0.241 e. The van der Waals surface area contributed by atoms with E-state index in [0.717, 1.165) is 0 Å². The average molecular weight is 255 g/mol. The summed E-state index contributed by atoms with van der Waals surface area (Å²) in [5.74, 6) is -0.264. The Hall–Kier alpha value is -1.20. The number of nitrogens with one attached hydrogen (secondary N) is 1. The second-order valence-corrected chi connectivity index (χ2v) is 6.56. The van der Waals surface area contributed by atoms with Crippen molar-refractivity contribution in [1.82, 2.24) is 4.72 Å². The molecule has 0 unspecified atom stereocenters. The van der Waals surface area contributed by atoms with Gasteiger partial charge in [0.05, 0.1) is 4.90 Å². The summed E-state index contributed by atoms with van der Waals surface area (Å²) in [5.41, 5.74) is -0.368. The predicted octanol–water partition coefficient (Wildman–Crippen LogP) is 1.97. The first-order valence-electron chi connectivity index (χ1n) is 5.27. The molecule has 0 heterocycles. The molecule has 0 aliphatic carbocycles. The summed E-state index contributed by atoms with van der Waals surface area (Å²) in [5, 5.41) is 0. The smallest absolute Gasteiger partial charge is 0.241 e. The molecule has 5 heteroatoms. The first-order chi connectivity index (χ1) is 7.63. The Morgan fingerprint density at radius 3 is 2.18 bits per heavy atom. The fraction of sp³-hybridized carbons (Fsp3) is 0.417. The van der Waals surface area contributed by atoms with Crippen LogP contribution in [0.15, 0.2) is 29.2 Å². The number of rotatable bonds is 3. The molecule has 0 saturated carbocycles. The molecule has 0 spiro atoms. The van der Waals surface area contributed by atoms with Crippen molar-refractivity contribution in [3.8, 4) is 0 Å². The van der Waals surface area contributed by atoms with Gasteiger partial charge in [0.25, 0.3) is 0 Å². The molecule has 17 heavy (non-hydrogen) atoms. The molecule has 1 aromatic rings. The van der Waals surface area contributed by atoms with Gasteiger partial charge in [0.2, 0.25) is 10.0 Å². The fourth-order valence-electron chi connectivity index (χ4n) is 1.45. The SMILES string of the molecule is CC(=O)c1ccccc1S(=O)(=O)NC(C)(C)C. The van der Waals surface area contributed by atoms with Crippen LogP contribution in [0.4, 0.5) is 0 Å². The fourth-order valence-corrected chi connectivity index (χ4v) is 3.13. The molecule has 0 amide bonds. The maximum atomic E-state index is 12.1. The van der Waals surface area contributed by atoms with Crippen molar-refractivity contribution in [3.63, 3.8) is 0 Å². The van der Waals surface area contributed by atoms with Gasteiger partial charge < -0.3 is 0 Å². The van der Waals surface area contributed by atoms with Gasteiger partial charge in [-0.25, -0.2) is 13.1 Å². The number of sulfonamides is 1. The van der Waals surface area contributed by atoms with E-state index >= 15 is 0 Å². The lowest BCUT2D eigenvalue weighted by atomic mass is 10.1. The Morgan fingerprint density at radius 2 is 1.71 bits per heavy atom. The van der Waals surface area contributed by atoms with Crippen LogP contribution in [0.1, 0.15) is 38.1 Å². The van der Waals surface area contributed by atoms with Gasteiger partial charge in [0.15, 0.2) is 5.78 Å². The lowest BCUT2D eigenvalue weighted by Gasteiger charge is -2.21. The van der Waals surface area contributed by atoms with Crippen molar-refractivity contribution >= 4 is 15.8 Å². The minimum atomic E-state index is -3.66. The summed E-state index contributed by atoms with van der Waals surface area (Å²) in [6, 6.07) is 6.20.